The number of aromatic nitrogens is 3. The zero-order valence-electron chi connectivity index (χ0n) is 14.5. The summed E-state index contributed by atoms with van der Waals surface area (Å²) >= 11 is 0. The summed E-state index contributed by atoms with van der Waals surface area (Å²) in [6.45, 7) is 4.54. The van der Waals surface area contributed by atoms with Gasteiger partial charge in [-0.2, -0.15) is 5.10 Å². The van der Waals surface area contributed by atoms with E-state index in [1.165, 1.54) is 0 Å². The third-order valence-electron chi connectivity index (χ3n) is 3.69. The largest absolute Gasteiger partial charge is 0.441 e. The number of aryl methyl sites for hydroxylation is 1. The van der Waals surface area contributed by atoms with Crippen LogP contribution in [0, 0.1) is 0 Å². The minimum absolute atomic E-state index is 0.269. The highest BCUT2D eigenvalue weighted by molar-refractivity contribution is 5.89. The number of carbonyl (C=O) groups excluding carboxylic acids is 1. The highest BCUT2D eigenvalue weighted by Gasteiger charge is 2.10. The molecule has 0 bridgehead atoms. The summed E-state index contributed by atoms with van der Waals surface area (Å²) in [7, 11) is 1.84. The van der Waals surface area contributed by atoms with Crippen molar-refractivity contribution in [1.82, 2.24) is 20.1 Å². The molecule has 0 spiro atoms. The first-order valence-corrected chi connectivity index (χ1v) is 8.10. The fourth-order valence-electron chi connectivity index (χ4n) is 2.30. The van der Waals surface area contributed by atoms with Crippen LogP contribution in [0.25, 0.3) is 11.5 Å². The Hall–Kier alpha value is -3.09. The molecule has 7 nitrogen and oxygen atoms in total. The zero-order valence-corrected chi connectivity index (χ0v) is 14.5. The van der Waals surface area contributed by atoms with Gasteiger partial charge in [0.25, 0.3) is 0 Å². The van der Waals surface area contributed by atoms with Crippen molar-refractivity contribution in [2.24, 2.45) is 7.05 Å². The quantitative estimate of drug-likeness (QED) is 0.745. The second-order valence-corrected chi connectivity index (χ2v) is 6.13. The molecule has 3 rings (SSSR count). The van der Waals surface area contributed by atoms with E-state index in [9.17, 15) is 4.79 Å². The average molecular weight is 339 g/mol. The van der Waals surface area contributed by atoms with E-state index in [-0.39, 0.29) is 6.03 Å². The summed E-state index contributed by atoms with van der Waals surface area (Å²) < 4.78 is 7.42. The molecular weight excluding hydrogens is 318 g/mol. The van der Waals surface area contributed by atoms with Gasteiger partial charge in [-0.15, -0.1) is 0 Å². The van der Waals surface area contributed by atoms with Crippen molar-refractivity contribution in [2.45, 2.75) is 26.3 Å². The molecule has 0 unspecified atom stereocenters. The monoisotopic (exact) mass is 339 g/mol. The van der Waals surface area contributed by atoms with E-state index in [1.54, 1.807) is 17.1 Å². The highest BCUT2D eigenvalue weighted by Crippen LogP contribution is 2.24. The summed E-state index contributed by atoms with van der Waals surface area (Å²) in [5.41, 5.74) is 2.51. The molecule has 2 N–H and O–H groups in total. The molecule has 0 fully saturated rings. The van der Waals surface area contributed by atoms with Gasteiger partial charge in [-0.25, -0.2) is 9.78 Å². The maximum absolute atomic E-state index is 11.9. The van der Waals surface area contributed by atoms with E-state index < -0.39 is 0 Å². The molecule has 0 aliphatic carbocycles. The van der Waals surface area contributed by atoms with Crippen LogP contribution in [0.15, 0.2) is 47.3 Å². The summed E-state index contributed by atoms with van der Waals surface area (Å²) in [5.74, 6) is 1.73. The Morgan fingerprint density at radius 3 is 2.60 bits per heavy atom. The fourth-order valence-corrected chi connectivity index (χ4v) is 2.30. The van der Waals surface area contributed by atoms with E-state index in [4.69, 9.17) is 4.42 Å². The minimum Gasteiger partial charge on any atom is -0.441 e. The molecule has 130 valence electrons. The maximum atomic E-state index is 11.9. The lowest BCUT2D eigenvalue weighted by Crippen LogP contribution is -2.27. The summed E-state index contributed by atoms with van der Waals surface area (Å²) in [6.07, 6.45) is 5.33. The van der Waals surface area contributed by atoms with Crippen molar-refractivity contribution in [3.05, 3.63) is 54.2 Å². The van der Waals surface area contributed by atoms with Crippen LogP contribution in [0.2, 0.25) is 0 Å². The number of urea groups is 1. The molecule has 1 aromatic carbocycles. The number of hydrogen-bond acceptors (Lipinski definition) is 4. The molecule has 0 saturated heterocycles. The Labute approximate surface area is 146 Å². The van der Waals surface area contributed by atoms with Gasteiger partial charge in [-0.05, 0) is 24.3 Å². The van der Waals surface area contributed by atoms with Gasteiger partial charge in [-0.3, -0.25) is 4.68 Å². The van der Waals surface area contributed by atoms with E-state index in [0.29, 0.717) is 24.0 Å². The first-order valence-electron chi connectivity index (χ1n) is 8.10. The smallest absolute Gasteiger partial charge is 0.319 e. The van der Waals surface area contributed by atoms with Gasteiger partial charge in [0.2, 0.25) is 5.89 Å². The predicted octanol–water partition coefficient (Wildman–Crippen LogP) is 3.52. The van der Waals surface area contributed by atoms with Gasteiger partial charge in [0.1, 0.15) is 5.76 Å². The second-order valence-electron chi connectivity index (χ2n) is 6.13. The number of nitrogens with zero attached hydrogens (tertiary/aromatic N) is 3. The number of carbonyl (C=O) groups is 1. The Morgan fingerprint density at radius 2 is 2.00 bits per heavy atom. The Balaban J connectivity index is 1.57. The lowest BCUT2D eigenvalue weighted by molar-refractivity contribution is 0.251. The molecule has 7 heteroatoms. The van der Waals surface area contributed by atoms with Crippen molar-refractivity contribution < 1.29 is 9.21 Å². The summed E-state index contributed by atoms with van der Waals surface area (Å²) in [4.78, 5) is 16.2. The van der Waals surface area contributed by atoms with Gasteiger partial charge in [0.05, 0.1) is 12.4 Å². The number of anilines is 1. The maximum Gasteiger partial charge on any atom is 0.319 e. The number of rotatable bonds is 5. The van der Waals surface area contributed by atoms with Gasteiger partial charge >= 0.3 is 6.03 Å². The van der Waals surface area contributed by atoms with Crippen LogP contribution in [0.3, 0.4) is 0 Å². The van der Waals surface area contributed by atoms with Gasteiger partial charge in [0, 0.05) is 42.5 Å². The topological polar surface area (TPSA) is 85.0 Å². The van der Waals surface area contributed by atoms with Crippen LogP contribution >= 0.6 is 0 Å². The third-order valence-corrected chi connectivity index (χ3v) is 3.69. The van der Waals surface area contributed by atoms with Crippen molar-refractivity contribution in [2.75, 3.05) is 5.32 Å². The van der Waals surface area contributed by atoms with Crippen molar-refractivity contribution in [1.29, 1.82) is 0 Å². The normalized spacial score (nSPS) is 10.9. The number of oxazole rings is 1. The van der Waals surface area contributed by atoms with E-state index in [1.807, 2.05) is 37.5 Å². The molecule has 0 aliphatic heterocycles. The lowest BCUT2D eigenvalue weighted by Gasteiger charge is -2.07. The van der Waals surface area contributed by atoms with Crippen LogP contribution in [0.4, 0.5) is 10.5 Å². The average Bonchev–Trinajstić information content (AvgIpc) is 3.23. The van der Waals surface area contributed by atoms with Crippen molar-refractivity contribution in [3.8, 4) is 11.5 Å². The molecule has 0 atom stereocenters. The van der Waals surface area contributed by atoms with Crippen molar-refractivity contribution in [3.63, 3.8) is 0 Å². The number of amides is 2. The molecule has 0 aliphatic rings. The van der Waals surface area contributed by atoms with Gasteiger partial charge in [0.15, 0.2) is 0 Å². The Morgan fingerprint density at radius 1 is 1.24 bits per heavy atom. The second kappa shape index (κ2) is 7.21. The molecule has 2 heterocycles. The predicted molar refractivity (Wildman–Crippen MR) is 95.1 cm³/mol. The summed E-state index contributed by atoms with van der Waals surface area (Å²) in [6, 6.07) is 7.10. The summed E-state index contributed by atoms with van der Waals surface area (Å²) in [5, 5.41) is 9.64. The molecular formula is C18H21N5O2. The standard InChI is InChI=1S/C18H21N5O2/c1-12(2)16-10-19-17(25-16)14-4-6-15(7-5-14)22-18(24)20-8-13-9-21-23(3)11-13/h4-7,9-12H,8H2,1-3H3,(H2,20,22,24). The zero-order chi connectivity index (χ0) is 17.8. The molecule has 2 amide bonds. The first-order chi connectivity index (χ1) is 12.0. The van der Waals surface area contributed by atoms with Crippen LogP contribution in [-0.4, -0.2) is 20.8 Å². The minimum atomic E-state index is -0.269. The van der Waals surface area contributed by atoms with Crippen LogP contribution in [0.5, 0.6) is 0 Å². The van der Waals surface area contributed by atoms with Crippen molar-refractivity contribution >= 4 is 11.7 Å². The van der Waals surface area contributed by atoms with Crippen LogP contribution in [-0.2, 0) is 13.6 Å². The van der Waals surface area contributed by atoms with E-state index in [0.717, 1.165) is 16.9 Å². The molecule has 25 heavy (non-hydrogen) atoms. The van der Waals surface area contributed by atoms with Crippen LogP contribution < -0.4 is 10.6 Å². The van der Waals surface area contributed by atoms with E-state index >= 15 is 0 Å². The molecule has 0 radical (unpaired) electrons. The number of benzene rings is 1. The van der Waals surface area contributed by atoms with Gasteiger partial charge in [-0.1, -0.05) is 13.8 Å². The Kier molecular flexibility index (Phi) is 4.83. The number of hydrogen-bond donors (Lipinski definition) is 2. The first kappa shape index (κ1) is 16.8. The Bertz CT molecular complexity index is 848. The number of nitrogens with one attached hydrogen (secondary N) is 2. The molecule has 0 saturated carbocycles. The molecule has 3 aromatic rings. The molecule has 2 aromatic heterocycles. The SMILES string of the molecule is CC(C)c1cnc(-c2ccc(NC(=O)NCc3cnn(C)c3)cc2)o1. The van der Waals surface area contributed by atoms with Crippen LogP contribution in [0.1, 0.15) is 31.1 Å². The highest BCUT2D eigenvalue weighted by atomic mass is 16.4. The fraction of sp³-hybridized carbons (Fsp3) is 0.278. The lowest BCUT2D eigenvalue weighted by atomic mass is 10.2. The third kappa shape index (κ3) is 4.26. The van der Waals surface area contributed by atoms with E-state index in [2.05, 4.69) is 34.6 Å². The van der Waals surface area contributed by atoms with Gasteiger partial charge < -0.3 is 15.1 Å².